The highest BCUT2D eigenvalue weighted by Gasteiger charge is 2.19. The Kier molecular flexibility index (Phi) is 4.33. The zero-order valence-electron chi connectivity index (χ0n) is 12.6. The second-order valence-electron chi connectivity index (χ2n) is 5.40. The maximum absolute atomic E-state index is 12.3. The number of sulfonamides is 1. The van der Waals surface area contributed by atoms with E-state index >= 15 is 0 Å². The van der Waals surface area contributed by atoms with Gasteiger partial charge in [0, 0.05) is 25.3 Å². The molecule has 0 saturated heterocycles. The molecule has 2 aromatic carbocycles. The Balaban J connectivity index is 1.63. The number of benzene rings is 2. The van der Waals surface area contributed by atoms with Crippen LogP contribution in [0.2, 0.25) is 0 Å². The number of nitriles is 1. The maximum Gasteiger partial charge on any atom is 0.240 e. The summed E-state index contributed by atoms with van der Waals surface area (Å²) >= 11 is 0. The number of nitrogens with one attached hydrogen (secondary N) is 1. The van der Waals surface area contributed by atoms with E-state index in [-0.39, 0.29) is 4.90 Å². The Hall–Kier alpha value is -2.36. The largest absolute Gasteiger partial charge is 0.370 e. The number of para-hydroxylation sites is 1. The molecule has 0 saturated carbocycles. The van der Waals surface area contributed by atoms with Crippen LogP contribution in [0.15, 0.2) is 53.4 Å². The van der Waals surface area contributed by atoms with Crippen LogP contribution in [0.3, 0.4) is 0 Å². The van der Waals surface area contributed by atoms with E-state index in [9.17, 15) is 8.42 Å². The number of nitrogens with zero attached hydrogens (tertiary/aromatic N) is 2. The molecule has 0 amide bonds. The molecule has 118 valence electrons. The molecular formula is C17H17N3O2S. The molecule has 0 unspecified atom stereocenters. The fourth-order valence-electron chi connectivity index (χ4n) is 2.77. The zero-order valence-corrected chi connectivity index (χ0v) is 13.4. The zero-order chi connectivity index (χ0) is 16.3. The van der Waals surface area contributed by atoms with E-state index in [1.807, 2.05) is 18.2 Å². The van der Waals surface area contributed by atoms with Crippen molar-refractivity contribution in [2.45, 2.75) is 11.3 Å². The van der Waals surface area contributed by atoms with E-state index in [1.54, 1.807) is 12.1 Å². The summed E-state index contributed by atoms with van der Waals surface area (Å²) in [5, 5.41) is 8.87. The van der Waals surface area contributed by atoms with Crippen molar-refractivity contribution in [2.75, 3.05) is 24.5 Å². The molecule has 23 heavy (non-hydrogen) atoms. The first-order valence-electron chi connectivity index (χ1n) is 7.43. The van der Waals surface area contributed by atoms with Crippen molar-refractivity contribution in [1.82, 2.24) is 4.72 Å². The molecule has 5 nitrogen and oxygen atoms in total. The Labute approximate surface area is 136 Å². The van der Waals surface area contributed by atoms with E-state index in [0.29, 0.717) is 18.7 Å². The summed E-state index contributed by atoms with van der Waals surface area (Å²) in [5.41, 5.74) is 2.82. The second-order valence-corrected chi connectivity index (χ2v) is 7.17. The van der Waals surface area contributed by atoms with Crippen molar-refractivity contribution in [3.63, 3.8) is 0 Å². The van der Waals surface area contributed by atoms with E-state index in [0.717, 1.165) is 13.0 Å². The van der Waals surface area contributed by atoms with Gasteiger partial charge in [-0.2, -0.15) is 5.26 Å². The summed E-state index contributed by atoms with van der Waals surface area (Å²) in [6.07, 6.45) is 0.993. The van der Waals surface area contributed by atoms with Gasteiger partial charge in [-0.3, -0.25) is 0 Å². The predicted molar refractivity (Wildman–Crippen MR) is 88.7 cm³/mol. The fraction of sp³-hybridized carbons (Fsp3) is 0.235. The van der Waals surface area contributed by atoms with Crippen LogP contribution in [0.1, 0.15) is 11.1 Å². The van der Waals surface area contributed by atoms with Crippen LogP contribution in [0.5, 0.6) is 0 Å². The lowest BCUT2D eigenvalue weighted by Gasteiger charge is -2.19. The average molecular weight is 327 g/mol. The van der Waals surface area contributed by atoms with E-state index < -0.39 is 10.0 Å². The quantitative estimate of drug-likeness (QED) is 0.910. The van der Waals surface area contributed by atoms with Crippen LogP contribution >= 0.6 is 0 Å². The van der Waals surface area contributed by atoms with Crippen molar-refractivity contribution in [3.8, 4) is 6.07 Å². The van der Waals surface area contributed by atoms with Gasteiger partial charge in [0.05, 0.1) is 16.5 Å². The minimum atomic E-state index is -3.59. The summed E-state index contributed by atoms with van der Waals surface area (Å²) in [5.74, 6) is 0. The molecule has 0 atom stereocenters. The molecule has 6 heteroatoms. The molecule has 1 aliphatic heterocycles. The van der Waals surface area contributed by atoms with Crippen molar-refractivity contribution in [2.24, 2.45) is 0 Å². The summed E-state index contributed by atoms with van der Waals surface area (Å²) in [6.45, 7) is 1.85. The molecule has 0 aliphatic carbocycles. The van der Waals surface area contributed by atoms with Gasteiger partial charge in [0.1, 0.15) is 0 Å². The van der Waals surface area contributed by atoms with Gasteiger partial charge in [0.15, 0.2) is 0 Å². The van der Waals surface area contributed by atoms with Crippen LogP contribution in [0.4, 0.5) is 5.69 Å². The predicted octanol–water partition coefficient (Wildman–Crippen LogP) is 1.90. The first-order chi connectivity index (χ1) is 11.1. The van der Waals surface area contributed by atoms with Crippen LogP contribution in [0, 0.1) is 11.3 Å². The first-order valence-corrected chi connectivity index (χ1v) is 8.91. The topological polar surface area (TPSA) is 73.2 Å². The van der Waals surface area contributed by atoms with Gasteiger partial charge >= 0.3 is 0 Å². The van der Waals surface area contributed by atoms with Crippen LogP contribution in [0.25, 0.3) is 0 Å². The van der Waals surface area contributed by atoms with Crippen molar-refractivity contribution in [1.29, 1.82) is 5.26 Å². The Bertz CT molecular complexity index is 856. The summed E-state index contributed by atoms with van der Waals surface area (Å²) < 4.78 is 27.2. The van der Waals surface area contributed by atoms with Crippen LogP contribution in [-0.2, 0) is 16.4 Å². The van der Waals surface area contributed by atoms with Gasteiger partial charge in [0.2, 0.25) is 10.0 Å². The highest BCUT2D eigenvalue weighted by molar-refractivity contribution is 7.89. The third kappa shape index (κ3) is 3.36. The highest BCUT2D eigenvalue weighted by atomic mass is 32.2. The van der Waals surface area contributed by atoms with Crippen molar-refractivity contribution < 1.29 is 8.42 Å². The summed E-state index contributed by atoms with van der Waals surface area (Å²) in [4.78, 5) is 2.31. The normalized spacial score (nSPS) is 13.6. The highest BCUT2D eigenvalue weighted by Crippen LogP contribution is 2.26. The van der Waals surface area contributed by atoms with Crippen molar-refractivity contribution in [3.05, 3.63) is 59.7 Å². The first kappa shape index (κ1) is 15.5. The number of hydrogen-bond donors (Lipinski definition) is 1. The van der Waals surface area contributed by atoms with E-state index in [4.69, 9.17) is 5.26 Å². The second kappa shape index (κ2) is 6.41. The van der Waals surface area contributed by atoms with Crippen LogP contribution < -0.4 is 9.62 Å². The smallest absolute Gasteiger partial charge is 0.240 e. The molecule has 0 spiro atoms. The van der Waals surface area contributed by atoms with Gasteiger partial charge < -0.3 is 4.90 Å². The van der Waals surface area contributed by atoms with Crippen LogP contribution in [-0.4, -0.2) is 28.1 Å². The van der Waals surface area contributed by atoms with Gasteiger partial charge in [0.25, 0.3) is 0 Å². The molecular weight excluding hydrogens is 310 g/mol. The lowest BCUT2D eigenvalue weighted by atomic mass is 10.2. The Morgan fingerprint density at radius 3 is 2.83 bits per heavy atom. The molecule has 1 N–H and O–H groups in total. The molecule has 0 radical (unpaired) electrons. The molecule has 1 heterocycles. The number of rotatable bonds is 5. The minimum Gasteiger partial charge on any atom is -0.370 e. The fourth-order valence-corrected chi connectivity index (χ4v) is 3.84. The average Bonchev–Trinajstić information content (AvgIpc) is 2.98. The summed E-state index contributed by atoms with van der Waals surface area (Å²) in [6, 6.07) is 16.2. The molecule has 2 aromatic rings. The molecule has 0 bridgehead atoms. The monoisotopic (exact) mass is 327 g/mol. The minimum absolute atomic E-state index is 0.123. The van der Waals surface area contributed by atoms with Gasteiger partial charge in [-0.15, -0.1) is 0 Å². The lowest BCUT2D eigenvalue weighted by molar-refractivity contribution is 0.581. The van der Waals surface area contributed by atoms with Gasteiger partial charge in [-0.1, -0.05) is 24.3 Å². The van der Waals surface area contributed by atoms with Crippen molar-refractivity contribution >= 4 is 15.7 Å². The van der Waals surface area contributed by atoms with Gasteiger partial charge in [-0.25, -0.2) is 13.1 Å². The Morgan fingerprint density at radius 2 is 2.00 bits per heavy atom. The number of fused-ring (bicyclic) bond motifs is 1. The Morgan fingerprint density at radius 1 is 1.17 bits per heavy atom. The SMILES string of the molecule is N#Cc1cccc(S(=O)(=O)NCCN2CCc3ccccc32)c1. The molecule has 0 aromatic heterocycles. The number of anilines is 1. The number of hydrogen-bond acceptors (Lipinski definition) is 4. The molecule has 0 fully saturated rings. The van der Waals surface area contributed by atoms with Gasteiger partial charge in [-0.05, 0) is 36.2 Å². The summed E-state index contributed by atoms with van der Waals surface area (Å²) in [7, 11) is -3.59. The van der Waals surface area contributed by atoms with E-state index in [2.05, 4.69) is 21.8 Å². The van der Waals surface area contributed by atoms with E-state index in [1.165, 1.54) is 23.4 Å². The standard InChI is InChI=1S/C17H17N3O2S/c18-13-14-4-3-6-16(12-14)23(21,22)19-9-11-20-10-8-15-5-1-2-7-17(15)20/h1-7,12,19H,8-11H2. The molecule has 3 rings (SSSR count). The third-order valence-corrected chi connectivity index (χ3v) is 5.39. The molecule has 1 aliphatic rings. The third-order valence-electron chi connectivity index (χ3n) is 3.93. The lowest BCUT2D eigenvalue weighted by Crippen LogP contribution is -2.34. The maximum atomic E-state index is 12.3.